The number of fused-ring (bicyclic) bond motifs is 10. The normalized spacial score (nSPS) is 22.7. The summed E-state index contributed by atoms with van der Waals surface area (Å²) in [6, 6.07) is 41.9. The molecule has 0 saturated heterocycles. The largest absolute Gasteiger partial charge is 0.334 e. The van der Waals surface area contributed by atoms with Crippen LogP contribution in [0.3, 0.4) is 0 Å². The highest BCUT2D eigenvalue weighted by Crippen LogP contribution is 2.53. The quantitative estimate of drug-likeness (QED) is 0.134. The summed E-state index contributed by atoms with van der Waals surface area (Å²) >= 11 is 0. The van der Waals surface area contributed by atoms with E-state index in [2.05, 4.69) is 164 Å². The van der Waals surface area contributed by atoms with E-state index in [1.165, 1.54) is 96.4 Å². The molecule has 1 heterocycles. The van der Waals surface area contributed by atoms with Crippen LogP contribution in [-0.4, -0.2) is 6.04 Å². The Bertz CT molecular complexity index is 2620. The monoisotopic (exact) mass is 669 g/mol. The molecule has 6 aromatic rings. The third kappa shape index (κ3) is 4.35. The minimum absolute atomic E-state index is 0.130. The molecule has 0 amide bonds. The van der Waals surface area contributed by atoms with Crippen molar-refractivity contribution >= 4 is 43.6 Å². The van der Waals surface area contributed by atoms with Crippen LogP contribution in [-0.2, 0) is 5.41 Å². The zero-order valence-electron chi connectivity index (χ0n) is 30.1. The van der Waals surface area contributed by atoms with Crippen LogP contribution in [0, 0.1) is 5.92 Å². The van der Waals surface area contributed by atoms with E-state index in [1.807, 2.05) is 0 Å². The Balaban J connectivity index is 0.968. The minimum atomic E-state index is 0.130. The van der Waals surface area contributed by atoms with Crippen molar-refractivity contribution in [2.45, 2.75) is 63.3 Å². The van der Waals surface area contributed by atoms with Gasteiger partial charge in [-0.3, -0.25) is 0 Å². The van der Waals surface area contributed by atoms with Crippen molar-refractivity contribution in [3.05, 3.63) is 179 Å². The second-order valence-electron chi connectivity index (χ2n) is 16.2. The zero-order chi connectivity index (χ0) is 34.6. The predicted molar refractivity (Wildman–Crippen MR) is 221 cm³/mol. The number of benzene rings is 6. The lowest BCUT2D eigenvalue weighted by Gasteiger charge is -2.35. The third-order valence-electron chi connectivity index (χ3n) is 13.2. The second-order valence-corrected chi connectivity index (χ2v) is 16.2. The highest BCUT2D eigenvalue weighted by Gasteiger charge is 2.43. The average Bonchev–Trinajstić information content (AvgIpc) is 3.65. The molecular weight excluding hydrogens is 627 g/mol. The van der Waals surface area contributed by atoms with E-state index in [0.717, 1.165) is 12.8 Å². The Morgan fingerprint density at radius 2 is 1.33 bits per heavy atom. The fraction of sp³-hybridized carbons (Fsp3) is 0.216. The summed E-state index contributed by atoms with van der Waals surface area (Å²) in [4.78, 5) is 2.66. The first-order chi connectivity index (χ1) is 25.5. The summed E-state index contributed by atoms with van der Waals surface area (Å²) in [5.41, 5.74) is 14.6. The SMILES string of the molecule is CC1(C)C2=C(C=CCC2)c2cc(C3C=CC4C(C3)C3=C(C=CCC3)N4c3cccc(-c4ccc5c6ccccc6c6ccccc6c5c4)c3)ccc21. The molecule has 3 unspecified atom stereocenters. The molecule has 0 spiro atoms. The van der Waals surface area contributed by atoms with E-state index in [4.69, 9.17) is 0 Å². The lowest BCUT2D eigenvalue weighted by Crippen LogP contribution is -2.35. The molecular formula is C51H43N. The summed E-state index contributed by atoms with van der Waals surface area (Å²) in [7, 11) is 0. The van der Waals surface area contributed by atoms with Gasteiger partial charge in [0.1, 0.15) is 0 Å². The maximum atomic E-state index is 2.66. The molecule has 11 rings (SSSR count). The average molecular weight is 670 g/mol. The fourth-order valence-electron chi connectivity index (χ4n) is 10.7. The Hall–Kier alpha value is -5.40. The highest BCUT2D eigenvalue weighted by molar-refractivity contribution is 6.25. The molecule has 5 aliphatic rings. The summed E-state index contributed by atoms with van der Waals surface area (Å²) in [6.07, 6.45) is 20.5. The van der Waals surface area contributed by atoms with Crippen LogP contribution in [0.4, 0.5) is 5.69 Å². The molecule has 52 heavy (non-hydrogen) atoms. The zero-order valence-corrected chi connectivity index (χ0v) is 30.1. The van der Waals surface area contributed by atoms with Crippen LogP contribution in [0.2, 0.25) is 0 Å². The second kappa shape index (κ2) is 11.3. The molecule has 0 aromatic heterocycles. The smallest absolute Gasteiger partial charge is 0.0589 e. The van der Waals surface area contributed by atoms with Crippen LogP contribution in [0.1, 0.15) is 68.6 Å². The number of hydrogen-bond donors (Lipinski definition) is 0. The van der Waals surface area contributed by atoms with E-state index in [-0.39, 0.29) is 5.41 Å². The lowest BCUT2D eigenvalue weighted by atomic mass is 9.75. The summed E-state index contributed by atoms with van der Waals surface area (Å²) in [6.45, 7) is 4.85. The van der Waals surface area contributed by atoms with Gasteiger partial charge in [0.25, 0.3) is 0 Å². The molecule has 0 N–H and O–H groups in total. The van der Waals surface area contributed by atoms with Gasteiger partial charge in [-0.1, -0.05) is 141 Å². The van der Waals surface area contributed by atoms with Crippen molar-refractivity contribution in [1.82, 2.24) is 0 Å². The van der Waals surface area contributed by atoms with E-state index in [9.17, 15) is 0 Å². The minimum Gasteiger partial charge on any atom is -0.334 e. The topological polar surface area (TPSA) is 3.24 Å². The van der Waals surface area contributed by atoms with Gasteiger partial charge in [-0.2, -0.15) is 0 Å². The van der Waals surface area contributed by atoms with Gasteiger partial charge in [0.2, 0.25) is 0 Å². The van der Waals surface area contributed by atoms with E-state index >= 15 is 0 Å². The van der Waals surface area contributed by atoms with Gasteiger partial charge in [0.05, 0.1) is 6.04 Å². The lowest BCUT2D eigenvalue weighted by molar-refractivity contribution is 0.469. The summed E-state index contributed by atoms with van der Waals surface area (Å²) in [5.74, 6) is 0.953. The molecule has 4 aliphatic carbocycles. The van der Waals surface area contributed by atoms with Crippen molar-refractivity contribution in [2.24, 2.45) is 5.92 Å². The standard InChI is InChI=1S/C51H43N/c1-51(2)47-20-9-7-18-42(47)45-30-34(23-26-48(45)51)35-24-27-50-46(31-35)43-19-8-10-21-49(43)52(50)36-13-11-12-32(28-36)33-22-25-41-39-16-4-3-14-37(39)38-15-5-6-17-40(38)44(41)29-33/h3-7,10-18,21-30,35,46,50H,8-9,19-20,31H2,1-2H3. The van der Waals surface area contributed by atoms with Crippen molar-refractivity contribution < 1.29 is 0 Å². The molecule has 0 saturated carbocycles. The van der Waals surface area contributed by atoms with Gasteiger partial charge >= 0.3 is 0 Å². The number of allylic oxidation sites excluding steroid dienone is 7. The van der Waals surface area contributed by atoms with E-state index in [0.29, 0.717) is 17.9 Å². The Morgan fingerprint density at radius 1 is 0.615 bits per heavy atom. The third-order valence-corrected chi connectivity index (χ3v) is 13.2. The van der Waals surface area contributed by atoms with E-state index in [1.54, 1.807) is 11.1 Å². The number of rotatable bonds is 3. The number of anilines is 1. The van der Waals surface area contributed by atoms with Crippen LogP contribution in [0.25, 0.3) is 49.0 Å². The van der Waals surface area contributed by atoms with Crippen LogP contribution in [0.5, 0.6) is 0 Å². The van der Waals surface area contributed by atoms with Gasteiger partial charge in [-0.25, -0.2) is 0 Å². The summed E-state index contributed by atoms with van der Waals surface area (Å²) < 4.78 is 0. The molecule has 1 heteroatoms. The first kappa shape index (κ1) is 30.2. The van der Waals surface area contributed by atoms with Gasteiger partial charge < -0.3 is 4.90 Å². The summed E-state index contributed by atoms with van der Waals surface area (Å²) in [5, 5.41) is 7.93. The first-order valence-electron chi connectivity index (χ1n) is 19.4. The molecule has 0 fully saturated rings. The predicted octanol–water partition coefficient (Wildman–Crippen LogP) is 13.4. The van der Waals surface area contributed by atoms with Gasteiger partial charge in [0.15, 0.2) is 0 Å². The van der Waals surface area contributed by atoms with Crippen molar-refractivity contribution in [3.8, 4) is 11.1 Å². The van der Waals surface area contributed by atoms with Gasteiger partial charge in [-0.15, -0.1) is 0 Å². The van der Waals surface area contributed by atoms with Crippen molar-refractivity contribution in [1.29, 1.82) is 0 Å². The molecule has 6 aromatic carbocycles. The Labute approximate surface area is 307 Å². The maximum Gasteiger partial charge on any atom is 0.0589 e. The van der Waals surface area contributed by atoms with Gasteiger partial charge in [-0.05, 0) is 128 Å². The molecule has 0 bridgehead atoms. The molecule has 1 aliphatic heterocycles. The van der Waals surface area contributed by atoms with Gasteiger partial charge in [0, 0.05) is 28.6 Å². The van der Waals surface area contributed by atoms with Crippen LogP contribution in [0.15, 0.2) is 162 Å². The first-order valence-corrected chi connectivity index (χ1v) is 19.4. The number of hydrogen-bond acceptors (Lipinski definition) is 1. The Kier molecular flexibility index (Phi) is 6.57. The number of nitrogens with zero attached hydrogens (tertiary/aromatic N) is 1. The van der Waals surface area contributed by atoms with Crippen molar-refractivity contribution in [2.75, 3.05) is 4.90 Å². The molecule has 252 valence electrons. The fourth-order valence-corrected chi connectivity index (χ4v) is 10.7. The van der Waals surface area contributed by atoms with Crippen molar-refractivity contribution in [3.63, 3.8) is 0 Å². The van der Waals surface area contributed by atoms with Crippen LogP contribution >= 0.6 is 0 Å². The van der Waals surface area contributed by atoms with Crippen LogP contribution < -0.4 is 4.90 Å². The van der Waals surface area contributed by atoms with E-state index < -0.39 is 0 Å². The molecule has 0 radical (unpaired) electrons. The molecule has 3 atom stereocenters. The molecule has 1 nitrogen and oxygen atoms in total. The Morgan fingerprint density at radius 3 is 2.13 bits per heavy atom. The highest BCUT2D eigenvalue weighted by atomic mass is 15.2. The maximum absolute atomic E-state index is 2.66.